The zero-order chi connectivity index (χ0) is 11.0. The van der Waals surface area contributed by atoms with Crippen LogP contribution in [0.1, 0.15) is 19.4 Å². The Bertz CT molecular complexity index is 417. The molecule has 0 fully saturated rings. The molecule has 1 aliphatic heterocycles. The Morgan fingerprint density at radius 1 is 1.27 bits per heavy atom. The number of nitrogens with zero attached hydrogens (tertiary/aromatic N) is 1. The van der Waals surface area contributed by atoms with Crippen molar-refractivity contribution in [3.63, 3.8) is 0 Å². The molecule has 1 aliphatic rings. The van der Waals surface area contributed by atoms with E-state index in [2.05, 4.69) is 4.99 Å². The number of hydrogen-bond acceptors (Lipinski definition) is 2. The number of ether oxygens (including phenoxy) is 1. The molecule has 0 bridgehead atoms. The number of hydrogen-bond donors (Lipinski definition) is 0. The molecule has 0 saturated heterocycles. The van der Waals surface area contributed by atoms with Crippen LogP contribution >= 0.6 is 23.2 Å². The molecule has 0 spiro atoms. The van der Waals surface area contributed by atoms with Gasteiger partial charge in [0.15, 0.2) is 0 Å². The quantitative estimate of drug-likeness (QED) is 0.684. The van der Waals surface area contributed by atoms with Crippen LogP contribution in [-0.4, -0.2) is 17.3 Å². The lowest BCUT2D eigenvalue weighted by molar-refractivity contribution is 0.200. The Hall–Kier alpha value is -0.730. The molecule has 0 unspecified atom stereocenters. The monoisotopic (exact) mass is 243 g/mol. The maximum Gasteiger partial charge on any atom is 0.148 e. The summed E-state index contributed by atoms with van der Waals surface area (Å²) in [6.45, 7) is 3.92. The van der Waals surface area contributed by atoms with Crippen molar-refractivity contribution in [3.8, 4) is 5.75 Å². The van der Waals surface area contributed by atoms with Crippen LogP contribution in [0, 0.1) is 0 Å². The summed E-state index contributed by atoms with van der Waals surface area (Å²) in [7, 11) is 0. The lowest BCUT2D eigenvalue weighted by atomic mass is 10.2. The molecule has 0 N–H and O–H groups in total. The van der Waals surface area contributed by atoms with Crippen molar-refractivity contribution in [2.75, 3.05) is 0 Å². The van der Waals surface area contributed by atoms with E-state index in [4.69, 9.17) is 27.9 Å². The van der Waals surface area contributed by atoms with Gasteiger partial charge in [-0.25, -0.2) is 0 Å². The van der Waals surface area contributed by atoms with E-state index < -0.39 is 0 Å². The number of aliphatic imine (C=N–C) groups is 1. The van der Waals surface area contributed by atoms with E-state index in [9.17, 15) is 0 Å². The smallest absolute Gasteiger partial charge is 0.148 e. The molecule has 0 radical (unpaired) electrons. The summed E-state index contributed by atoms with van der Waals surface area (Å²) in [5.74, 6) is 0.629. The Labute approximate surface area is 98.9 Å². The third kappa shape index (κ3) is 1.97. The highest BCUT2D eigenvalue weighted by atomic mass is 35.5. The van der Waals surface area contributed by atoms with E-state index >= 15 is 0 Å². The van der Waals surface area contributed by atoms with E-state index in [1.54, 1.807) is 6.07 Å². The molecule has 0 aromatic heterocycles. The highest BCUT2D eigenvalue weighted by molar-refractivity contribution is 6.70. The summed E-state index contributed by atoms with van der Waals surface area (Å²) in [5.41, 5.74) is 0.764. The summed E-state index contributed by atoms with van der Waals surface area (Å²) in [5, 5.41) is 1.03. The van der Waals surface area contributed by atoms with Gasteiger partial charge in [0.05, 0.1) is 16.6 Å². The Morgan fingerprint density at radius 3 is 2.73 bits per heavy atom. The lowest BCUT2D eigenvalue weighted by Crippen LogP contribution is -2.23. The predicted molar refractivity (Wildman–Crippen MR) is 63.4 cm³/mol. The van der Waals surface area contributed by atoms with Gasteiger partial charge in [0, 0.05) is 0 Å². The molecule has 1 aromatic rings. The topological polar surface area (TPSA) is 21.6 Å². The van der Waals surface area contributed by atoms with Crippen LogP contribution in [0.25, 0.3) is 0 Å². The molecular weight excluding hydrogens is 233 g/mol. The van der Waals surface area contributed by atoms with Crippen molar-refractivity contribution >= 4 is 28.4 Å². The van der Waals surface area contributed by atoms with Gasteiger partial charge in [0.1, 0.15) is 17.0 Å². The fourth-order valence-electron chi connectivity index (χ4n) is 1.43. The fourth-order valence-corrected chi connectivity index (χ4v) is 1.95. The van der Waals surface area contributed by atoms with Crippen LogP contribution in [0.4, 0.5) is 0 Å². The molecule has 1 aromatic carbocycles. The normalized spacial score (nSPS) is 24.9. The number of para-hydroxylation sites is 1. The van der Waals surface area contributed by atoms with Gasteiger partial charge >= 0.3 is 0 Å². The summed E-state index contributed by atoms with van der Waals surface area (Å²) in [6, 6.07) is 5.51. The molecule has 0 amide bonds. The van der Waals surface area contributed by atoms with Gasteiger partial charge in [-0.1, -0.05) is 29.3 Å². The SMILES string of the molecule is C[C@@H]1N=C(Cl)c2cccc(Cl)c2O[C@@H]1C. The maximum absolute atomic E-state index is 6.10. The molecule has 0 aliphatic carbocycles. The summed E-state index contributed by atoms with van der Waals surface area (Å²) in [6.07, 6.45) is -0.0279. The van der Waals surface area contributed by atoms with Crippen molar-refractivity contribution in [2.24, 2.45) is 4.99 Å². The lowest BCUT2D eigenvalue weighted by Gasteiger charge is -2.16. The third-order valence-corrected chi connectivity index (χ3v) is 3.09. The first-order valence-electron chi connectivity index (χ1n) is 4.78. The second kappa shape index (κ2) is 4.03. The molecule has 2 nitrogen and oxygen atoms in total. The highest BCUT2D eigenvalue weighted by Gasteiger charge is 2.23. The fraction of sp³-hybridized carbons (Fsp3) is 0.364. The van der Waals surface area contributed by atoms with E-state index in [0.29, 0.717) is 15.9 Å². The molecule has 0 saturated carbocycles. The van der Waals surface area contributed by atoms with Gasteiger partial charge in [-0.3, -0.25) is 4.99 Å². The Balaban J connectivity index is 2.57. The van der Waals surface area contributed by atoms with Gasteiger partial charge in [0.2, 0.25) is 0 Å². The minimum Gasteiger partial charge on any atom is -0.486 e. The number of rotatable bonds is 0. The molecule has 4 heteroatoms. The minimum atomic E-state index is -0.0279. The van der Waals surface area contributed by atoms with Gasteiger partial charge in [-0.05, 0) is 26.0 Å². The van der Waals surface area contributed by atoms with E-state index in [-0.39, 0.29) is 12.1 Å². The van der Waals surface area contributed by atoms with Crippen LogP contribution in [0.15, 0.2) is 23.2 Å². The van der Waals surface area contributed by atoms with Gasteiger partial charge in [-0.15, -0.1) is 0 Å². The second-order valence-corrected chi connectivity index (χ2v) is 4.37. The van der Waals surface area contributed by atoms with Crippen LogP contribution in [-0.2, 0) is 0 Å². The Morgan fingerprint density at radius 2 is 2.00 bits per heavy atom. The number of halogens is 2. The molecule has 2 rings (SSSR count). The van der Waals surface area contributed by atoms with E-state index in [0.717, 1.165) is 5.56 Å². The average molecular weight is 244 g/mol. The predicted octanol–water partition coefficient (Wildman–Crippen LogP) is 3.49. The van der Waals surface area contributed by atoms with Crippen molar-refractivity contribution in [2.45, 2.75) is 26.0 Å². The molecular formula is C11H11Cl2NO. The van der Waals surface area contributed by atoms with E-state index in [1.807, 2.05) is 26.0 Å². The van der Waals surface area contributed by atoms with Gasteiger partial charge in [0.25, 0.3) is 0 Å². The van der Waals surface area contributed by atoms with E-state index in [1.165, 1.54) is 0 Å². The first-order valence-corrected chi connectivity index (χ1v) is 5.54. The summed E-state index contributed by atoms with van der Waals surface area (Å²) >= 11 is 12.1. The zero-order valence-electron chi connectivity index (χ0n) is 8.50. The highest BCUT2D eigenvalue weighted by Crippen LogP contribution is 2.33. The van der Waals surface area contributed by atoms with Crippen molar-refractivity contribution in [1.29, 1.82) is 0 Å². The van der Waals surface area contributed by atoms with Gasteiger partial charge in [-0.2, -0.15) is 0 Å². The van der Waals surface area contributed by atoms with Crippen LogP contribution in [0.3, 0.4) is 0 Å². The van der Waals surface area contributed by atoms with Crippen molar-refractivity contribution < 1.29 is 4.74 Å². The largest absolute Gasteiger partial charge is 0.486 e. The summed E-state index contributed by atoms with van der Waals surface area (Å²) in [4.78, 5) is 4.34. The molecule has 1 heterocycles. The molecule has 15 heavy (non-hydrogen) atoms. The van der Waals surface area contributed by atoms with Crippen molar-refractivity contribution in [3.05, 3.63) is 28.8 Å². The summed E-state index contributed by atoms with van der Waals surface area (Å²) < 4.78 is 5.74. The number of fused-ring (bicyclic) bond motifs is 1. The average Bonchev–Trinajstić information content (AvgIpc) is 2.29. The molecule has 80 valence electrons. The third-order valence-electron chi connectivity index (χ3n) is 2.49. The number of benzene rings is 1. The second-order valence-electron chi connectivity index (χ2n) is 3.60. The van der Waals surface area contributed by atoms with Crippen LogP contribution < -0.4 is 4.74 Å². The van der Waals surface area contributed by atoms with Crippen LogP contribution in [0.5, 0.6) is 5.75 Å². The molecule has 2 atom stereocenters. The van der Waals surface area contributed by atoms with Crippen molar-refractivity contribution in [1.82, 2.24) is 0 Å². The zero-order valence-corrected chi connectivity index (χ0v) is 10.0. The maximum atomic E-state index is 6.10. The first kappa shape index (κ1) is 10.8. The van der Waals surface area contributed by atoms with Gasteiger partial charge < -0.3 is 4.74 Å². The Kier molecular flexibility index (Phi) is 2.89. The minimum absolute atomic E-state index is 0.0279. The van der Waals surface area contributed by atoms with Crippen LogP contribution in [0.2, 0.25) is 5.02 Å². The first-order chi connectivity index (χ1) is 7.09. The standard InChI is InChI=1S/C11H11Cl2NO/c1-6-7(2)15-10-8(11(13)14-6)4-3-5-9(10)12/h3-7H,1-2H3/t6-,7+/m0/s1.